The Hall–Kier alpha value is -2.14. The zero-order valence-electron chi connectivity index (χ0n) is 15.9. The van der Waals surface area contributed by atoms with E-state index in [0.29, 0.717) is 25.4 Å². The van der Waals surface area contributed by atoms with Crippen LogP contribution in [0.2, 0.25) is 0 Å². The first-order valence-electron chi connectivity index (χ1n) is 9.66. The van der Waals surface area contributed by atoms with Gasteiger partial charge >= 0.3 is 0 Å². The van der Waals surface area contributed by atoms with Crippen LogP contribution in [0.5, 0.6) is 0 Å². The van der Waals surface area contributed by atoms with Crippen LogP contribution in [0.15, 0.2) is 41.8 Å². The normalized spacial score (nSPS) is 26.8. The SMILES string of the molecule is CNC(=O)C1(Cc2cccc(-c3cccs3)c2)CCN(C(=O)C2CC2C)C1. The van der Waals surface area contributed by atoms with Gasteiger partial charge in [-0.25, -0.2) is 0 Å². The molecule has 1 aromatic heterocycles. The number of thiophene rings is 1. The fourth-order valence-electron chi connectivity index (χ4n) is 4.30. The average Bonchev–Trinajstić information content (AvgIpc) is 3.09. The van der Waals surface area contributed by atoms with Gasteiger partial charge in [-0.2, -0.15) is 0 Å². The van der Waals surface area contributed by atoms with Crippen molar-refractivity contribution in [1.82, 2.24) is 10.2 Å². The van der Waals surface area contributed by atoms with Crippen LogP contribution in [-0.4, -0.2) is 36.9 Å². The minimum Gasteiger partial charge on any atom is -0.359 e. The number of hydrogen-bond acceptors (Lipinski definition) is 3. The third-order valence-electron chi connectivity index (χ3n) is 6.08. The Balaban J connectivity index is 1.56. The van der Waals surface area contributed by atoms with Crippen molar-refractivity contribution < 1.29 is 9.59 Å². The highest BCUT2D eigenvalue weighted by Gasteiger charge is 2.49. The molecule has 0 spiro atoms. The van der Waals surface area contributed by atoms with Gasteiger partial charge in [-0.1, -0.05) is 37.3 Å². The number of nitrogens with zero attached hydrogens (tertiary/aromatic N) is 1. The lowest BCUT2D eigenvalue weighted by Gasteiger charge is -2.28. The molecule has 2 aliphatic rings. The molecule has 142 valence electrons. The predicted octanol–water partition coefficient (Wildman–Crippen LogP) is 3.58. The molecule has 1 aliphatic heterocycles. The van der Waals surface area contributed by atoms with E-state index in [0.717, 1.165) is 18.4 Å². The third-order valence-corrected chi connectivity index (χ3v) is 7.00. The molecule has 1 saturated carbocycles. The Morgan fingerprint density at radius 2 is 2.11 bits per heavy atom. The second-order valence-electron chi connectivity index (χ2n) is 8.04. The summed E-state index contributed by atoms with van der Waals surface area (Å²) >= 11 is 1.72. The molecule has 1 saturated heterocycles. The van der Waals surface area contributed by atoms with E-state index in [1.807, 2.05) is 4.90 Å². The molecule has 0 bridgehead atoms. The smallest absolute Gasteiger partial charge is 0.228 e. The number of hydrogen-bond donors (Lipinski definition) is 1. The number of carbonyl (C=O) groups is 2. The molecule has 2 heterocycles. The lowest BCUT2D eigenvalue weighted by Crippen LogP contribution is -2.44. The molecule has 2 amide bonds. The third kappa shape index (κ3) is 3.53. The molecule has 1 aromatic carbocycles. The van der Waals surface area contributed by atoms with Gasteiger partial charge in [-0.3, -0.25) is 9.59 Å². The molecule has 2 fully saturated rings. The monoisotopic (exact) mass is 382 g/mol. The highest BCUT2D eigenvalue weighted by atomic mass is 32.1. The summed E-state index contributed by atoms with van der Waals surface area (Å²) in [6.07, 6.45) is 2.38. The number of rotatable bonds is 5. The summed E-state index contributed by atoms with van der Waals surface area (Å²) in [6.45, 7) is 3.33. The second-order valence-corrected chi connectivity index (χ2v) is 8.99. The molecule has 1 aliphatic carbocycles. The molecular formula is C22H26N2O2S. The fraction of sp³-hybridized carbons (Fsp3) is 0.455. The molecule has 5 heteroatoms. The van der Waals surface area contributed by atoms with Crippen LogP contribution in [0.3, 0.4) is 0 Å². The van der Waals surface area contributed by atoms with Gasteiger partial charge in [0.25, 0.3) is 0 Å². The highest BCUT2D eigenvalue weighted by molar-refractivity contribution is 7.13. The van der Waals surface area contributed by atoms with Gasteiger partial charge in [0.2, 0.25) is 11.8 Å². The first-order chi connectivity index (χ1) is 13.0. The summed E-state index contributed by atoms with van der Waals surface area (Å²) in [7, 11) is 1.69. The average molecular weight is 383 g/mol. The van der Waals surface area contributed by atoms with Crippen LogP contribution < -0.4 is 5.32 Å². The van der Waals surface area contributed by atoms with Gasteiger partial charge in [0.15, 0.2) is 0 Å². The Labute approximate surface area is 164 Å². The predicted molar refractivity (Wildman–Crippen MR) is 108 cm³/mol. The largest absolute Gasteiger partial charge is 0.359 e. The lowest BCUT2D eigenvalue weighted by atomic mass is 9.79. The van der Waals surface area contributed by atoms with Gasteiger partial charge in [0.1, 0.15) is 0 Å². The highest BCUT2D eigenvalue weighted by Crippen LogP contribution is 2.42. The van der Waals surface area contributed by atoms with Crippen molar-refractivity contribution in [3.8, 4) is 10.4 Å². The molecule has 1 N–H and O–H groups in total. The molecule has 4 rings (SSSR count). The standard InChI is InChI=1S/C22H26N2O2S/c1-15-11-18(15)20(25)24-9-8-22(14-24,21(26)23-2)13-16-5-3-6-17(12-16)19-7-4-10-27-19/h3-7,10,12,15,18H,8-9,11,13-14H2,1-2H3,(H,23,26). The van der Waals surface area contributed by atoms with E-state index < -0.39 is 5.41 Å². The summed E-state index contributed by atoms with van der Waals surface area (Å²) < 4.78 is 0. The van der Waals surface area contributed by atoms with Crippen molar-refractivity contribution in [3.05, 3.63) is 47.3 Å². The maximum Gasteiger partial charge on any atom is 0.228 e. The van der Waals surface area contributed by atoms with Crippen molar-refractivity contribution >= 4 is 23.2 Å². The van der Waals surface area contributed by atoms with Gasteiger partial charge in [0, 0.05) is 30.9 Å². The summed E-state index contributed by atoms with van der Waals surface area (Å²) in [6, 6.07) is 12.6. The second kappa shape index (κ2) is 7.12. The summed E-state index contributed by atoms with van der Waals surface area (Å²) in [5.41, 5.74) is 1.81. The fourth-order valence-corrected chi connectivity index (χ4v) is 5.03. The first kappa shape index (κ1) is 18.2. The molecule has 27 heavy (non-hydrogen) atoms. The van der Waals surface area contributed by atoms with E-state index in [9.17, 15) is 9.59 Å². The maximum absolute atomic E-state index is 12.8. The van der Waals surface area contributed by atoms with Crippen LogP contribution in [0.25, 0.3) is 10.4 Å². The van der Waals surface area contributed by atoms with E-state index >= 15 is 0 Å². The van der Waals surface area contributed by atoms with Gasteiger partial charge < -0.3 is 10.2 Å². The van der Waals surface area contributed by atoms with E-state index in [4.69, 9.17) is 0 Å². The lowest BCUT2D eigenvalue weighted by molar-refractivity contribution is -0.134. The minimum absolute atomic E-state index is 0.0446. The van der Waals surface area contributed by atoms with Crippen LogP contribution in [0, 0.1) is 17.3 Å². The van der Waals surface area contributed by atoms with Crippen LogP contribution >= 0.6 is 11.3 Å². The molecule has 0 radical (unpaired) electrons. The van der Waals surface area contributed by atoms with Crippen molar-refractivity contribution in [2.45, 2.75) is 26.2 Å². The number of likely N-dealkylation sites (tertiary alicyclic amines) is 1. The molecular weight excluding hydrogens is 356 g/mol. The maximum atomic E-state index is 12.8. The quantitative estimate of drug-likeness (QED) is 0.859. The van der Waals surface area contributed by atoms with Crippen LogP contribution in [-0.2, 0) is 16.0 Å². The molecule has 4 nitrogen and oxygen atoms in total. The van der Waals surface area contributed by atoms with Gasteiger partial charge in [-0.05, 0) is 47.8 Å². The Bertz CT molecular complexity index is 848. The van der Waals surface area contributed by atoms with E-state index in [-0.39, 0.29) is 17.7 Å². The summed E-state index contributed by atoms with van der Waals surface area (Å²) in [5.74, 6) is 0.950. The van der Waals surface area contributed by atoms with Crippen molar-refractivity contribution in [2.24, 2.45) is 17.3 Å². The first-order valence-corrected chi connectivity index (χ1v) is 10.5. The van der Waals surface area contributed by atoms with Crippen molar-refractivity contribution in [3.63, 3.8) is 0 Å². The Morgan fingerprint density at radius 1 is 1.30 bits per heavy atom. The van der Waals surface area contributed by atoms with E-state index in [2.05, 4.69) is 54.0 Å². The minimum atomic E-state index is -0.531. The van der Waals surface area contributed by atoms with Crippen molar-refractivity contribution in [2.75, 3.05) is 20.1 Å². The van der Waals surface area contributed by atoms with Crippen molar-refractivity contribution in [1.29, 1.82) is 0 Å². The van der Waals surface area contributed by atoms with E-state index in [1.54, 1.807) is 18.4 Å². The zero-order chi connectivity index (χ0) is 19.0. The number of carbonyl (C=O) groups excluding carboxylic acids is 2. The van der Waals surface area contributed by atoms with E-state index in [1.165, 1.54) is 10.4 Å². The Kier molecular flexibility index (Phi) is 4.81. The summed E-state index contributed by atoms with van der Waals surface area (Å²) in [4.78, 5) is 28.7. The zero-order valence-corrected chi connectivity index (χ0v) is 16.7. The number of benzene rings is 1. The topological polar surface area (TPSA) is 49.4 Å². The van der Waals surface area contributed by atoms with Gasteiger partial charge in [0.05, 0.1) is 5.41 Å². The molecule has 2 aromatic rings. The molecule has 3 atom stereocenters. The van der Waals surface area contributed by atoms with Crippen LogP contribution in [0.4, 0.5) is 0 Å². The molecule has 3 unspecified atom stereocenters. The Morgan fingerprint density at radius 3 is 2.78 bits per heavy atom. The summed E-state index contributed by atoms with van der Waals surface area (Å²) in [5, 5.41) is 4.93. The number of amides is 2. The number of nitrogens with one attached hydrogen (secondary N) is 1. The van der Waals surface area contributed by atoms with Gasteiger partial charge in [-0.15, -0.1) is 11.3 Å². The van der Waals surface area contributed by atoms with Crippen LogP contribution in [0.1, 0.15) is 25.3 Å².